The highest BCUT2D eigenvalue weighted by Gasteiger charge is 2.32. The van der Waals surface area contributed by atoms with Crippen LogP contribution in [0.25, 0.3) is 11.1 Å². The summed E-state index contributed by atoms with van der Waals surface area (Å²) in [6.07, 6.45) is 3.91. The molecule has 1 aliphatic rings. The molecule has 1 aromatic heterocycles. The van der Waals surface area contributed by atoms with Crippen LogP contribution in [0.4, 0.5) is 11.7 Å². The quantitative estimate of drug-likeness (QED) is 0.750. The van der Waals surface area contributed by atoms with Crippen LogP contribution in [0.2, 0.25) is 0 Å². The van der Waals surface area contributed by atoms with E-state index < -0.39 is 5.60 Å². The number of aromatic nitrogens is 1. The SMILES string of the molecule is CC1CCCC(O)(CNc2nc3c(N)cccc3o2)C1. The molecule has 1 fully saturated rings. The Kier molecular flexibility index (Phi) is 3.30. The molecular weight excluding hydrogens is 254 g/mol. The van der Waals surface area contributed by atoms with Crippen molar-refractivity contribution in [2.75, 3.05) is 17.6 Å². The van der Waals surface area contributed by atoms with Gasteiger partial charge in [0, 0.05) is 6.54 Å². The third-order valence-electron chi connectivity index (χ3n) is 4.09. The largest absolute Gasteiger partial charge is 0.423 e. The van der Waals surface area contributed by atoms with Gasteiger partial charge in [-0.25, -0.2) is 0 Å². The van der Waals surface area contributed by atoms with Crippen LogP contribution in [0, 0.1) is 5.92 Å². The molecule has 0 aliphatic heterocycles. The summed E-state index contributed by atoms with van der Waals surface area (Å²) >= 11 is 0. The van der Waals surface area contributed by atoms with E-state index in [4.69, 9.17) is 10.2 Å². The smallest absolute Gasteiger partial charge is 0.295 e. The molecule has 5 nitrogen and oxygen atoms in total. The molecule has 2 unspecified atom stereocenters. The number of nitrogens with zero attached hydrogens (tertiary/aromatic N) is 1. The number of fused-ring (bicyclic) bond motifs is 1. The van der Waals surface area contributed by atoms with Crippen LogP contribution >= 0.6 is 0 Å². The standard InChI is InChI=1S/C15H21N3O2/c1-10-4-3-7-15(19,8-10)9-17-14-18-13-11(16)5-2-6-12(13)20-14/h2,5-6,10,19H,3-4,7-9,16H2,1H3,(H,17,18). The van der Waals surface area contributed by atoms with E-state index >= 15 is 0 Å². The van der Waals surface area contributed by atoms with Crippen LogP contribution in [0.3, 0.4) is 0 Å². The molecule has 108 valence electrons. The van der Waals surface area contributed by atoms with Crippen molar-refractivity contribution in [3.63, 3.8) is 0 Å². The summed E-state index contributed by atoms with van der Waals surface area (Å²) in [4.78, 5) is 4.33. The minimum Gasteiger partial charge on any atom is -0.423 e. The molecule has 2 aromatic rings. The highest BCUT2D eigenvalue weighted by atomic mass is 16.4. The zero-order chi connectivity index (χ0) is 14.2. The lowest BCUT2D eigenvalue weighted by atomic mass is 9.79. The number of nitrogen functional groups attached to an aromatic ring is 1. The van der Waals surface area contributed by atoms with Crippen molar-refractivity contribution in [2.45, 2.75) is 38.2 Å². The number of nitrogens with one attached hydrogen (secondary N) is 1. The van der Waals surface area contributed by atoms with Crippen LogP contribution in [0.1, 0.15) is 32.6 Å². The first kappa shape index (κ1) is 13.2. The number of oxazole rings is 1. The number of nitrogens with two attached hydrogens (primary N) is 1. The monoisotopic (exact) mass is 275 g/mol. The van der Waals surface area contributed by atoms with Gasteiger partial charge < -0.3 is 20.6 Å². The Morgan fingerprint density at radius 2 is 2.40 bits per heavy atom. The minimum atomic E-state index is -0.663. The lowest BCUT2D eigenvalue weighted by Gasteiger charge is -2.35. The summed E-state index contributed by atoms with van der Waals surface area (Å²) in [5, 5.41) is 13.7. The second-order valence-corrected chi connectivity index (χ2v) is 5.99. The topological polar surface area (TPSA) is 84.3 Å². The zero-order valence-electron chi connectivity index (χ0n) is 11.7. The summed E-state index contributed by atoms with van der Waals surface area (Å²) in [7, 11) is 0. The number of aliphatic hydroxyl groups is 1. The molecule has 5 heteroatoms. The van der Waals surface area contributed by atoms with E-state index in [9.17, 15) is 5.11 Å². The number of benzene rings is 1. The molecule has 0 saturated heterocycles. The van der Waals surface area contributed by atoms with Crippen molar-refractivity contribution in [3.8, 4) is 0 Å². The van der Waals surface area contributed by atoms with Crippen LogP contribution in [0.15, 0.2) is 22.6 Å². The second-order valence-electron chi connectivity index (χ2n) is 5.99. The minimum absolute atomic E-state index is 0.421. The summed E-state index contributed by atoms with van der Waals surface area (Å²) in [5.74, 6) is 0.565. The highest BCUT2D eigenvalue weighted by Crippen LogP contribution is 2.32. The molecular formula is C15H21N3O2. The predicted molar refractivity (Wildman–Crippen MR) is 79.5 cm³/mol. The van der Waals surface area contributed by atoms with Gasteiger partial charge in [0.1, 0.15) is 5.52 Å². The van der Waals surface area contributed by atoms with E-state index in [1.807, 2.05) is 12.1 Å². The lowest BCUT2D eigenvalue weighted by molar-refractivity contribution is -0.00114. The summed E-state index contributed by atoms with van der Waals surface area (Å²) in [5.41, 5.74) is 7.12. The number of hydrogen-bond donors (Lipinski definition) is 3. The fourth-order valence-electron chi connectivity index (χ4n) is 3.08. The predicted octanol–water partition coefficient (Wildman–Crippen LogP) is 2.76. The van der Waals surface area contributed by atoms with E-state index in [-0.39, 0.29) is 0 Å². The summed E-state index contributed by atoms with van der Waals surface area (Å²) in [6.45, 7) is 2.65. The van der Waals surface area contributed by atoms with Crippen molar-refractivity contribution in [3.05, 3.63) is 18.2 Å². The first-order valence-corrected chi connectivity index (χ1v) is 7.17. The Balaban J connectivity index is 1.72. The maximum atomic E-state index is 10.6. The molecule has 1 saturated carbocycles. The van der Waals surface area contributed by atoms with Gasteiger partial charge >= 0.3 is 0 Å². The number of anilines is 2. The van der Waals surface area contributed by atoms with Crippen LogP contribution in [-0.4, -0.2) is 22.2 Å². The molecule has 20 heavy (non-hydrogen) atoms. The van der Waals surface area contributed by atoms with Gasteiger partial charge in [-0.2, -0.15) is 4.98 Å². The van der Waals surface area contributed by atoms with Crippen LogP contribution in [0.5, 0.6) is 0 Å². The molecule has 1 heterocycles. The average molecular weight is 275 g/mol. The molecule has 1 aromatic carbocycles. The molecule has 0 bridgehead atoms. The first-order chi connectivity index (χ1) is 9.56. The van der Waals surface area contributed by atoms with Crippen LogP contribution in [-0.2, 0) is 0 Å². The summed E-state index contributed by atoms with van der Waals surface area (Å²) in [6, 6.07) is 5.89. The van der Waals surface area contributed by atoms with E-state index in [0.29, 0.717) is 35.3 Å². The molecule has 3 rings (SSSR count). The van der Waals surface area contributed by atoms with E-state index in [0.717, 1.165) is 19.3 Å². The van der Waals surface area contributed by atoms with Crippen molar-refractivity contribution >= 4 is 22.8 Å². The second kappa shape index (κ2) is 4.98. The van der Waals surface area contributed by atoms with E-state index in [2.05, 4.69) is 17.2 Å². The Labute approximate surface area is 118 Å². The van der Waals surface area contributed by atoms with Gasteiger partial charge in [0.05, 0.1) is 11.3 Å². The van der Waals surface area contributed by atoms with Crippen molar-refractivity contribution < 1.29 is 9.52 Å². The highest BCUT2D eigenvalue weighted by molar-refractivity contribution is 5.86. The maximum absolute atomic E-state index is 10.6. The average Bonchev–Trinajstić information content (AvgIpc) is 2.81. The molecule has 0 amide bonds. The number of hydrogen-bond acceptors (Lipinski definition) is 5. The normalized spacial score (nSPS) is 26.8. The number of para-hydroxylation sites is 1. The van der Waals surface area contributed by atoms with Gasteiger partial charge in [-0.3, -0.25) is 0 Å². The Morgan fingerprint density at radius 3 is 3.15 bits per heavy atom. The lowest BCUT2D eigenvalue weighted by Crippen LogP contribution is -2.41. The van der Waals surface area contributed by atoms with Gasteiger partial charge in [-0.15, -0.1) is 0 Å². The van der Waals surface area contributed by atoms with Crippen LogP contribution < -0.4 is 11.1 Å². The molecule has 1 aliphatic carbocycles. The summed E-state index contributed by atoms with van der Waals surface area (Å²) < 4.78 is 5.60. The van der Waals surface area contributed by atoms with Gasteiger partial charge in [0.15, 0.2) is 5.58 Å². The van der Waals surface area contributed by atoms with Crippen molar-refractivity contribution in [1.82, 2.24) is 4.98 Å². The Hall–Kier alpha value is -1.75. The van der Waals surface area contributed by atoms with Crippen molar-refractivity contribution in [2.24, 2.45) is 5.92 Å². The van der Waals surface area contributed by atoms with Gasteiger partial charge in [-0.05, 0) is 30.9 Å². The first-order valence-electron chi connectivity index (χ1n) is 7.17. The number of rotatable bonds is 3. The molecule has 0 spiro atoms. The van der Waals surface area contributed by atoms with E-state index in [1.54, 1.807) is 6.07 Å². The Morgan fingerprint density at radius 1 is 1.55 bits per heavy atom. The van der Waals surface area contributed by atoms with Gasteiger partial charge in [0.2, 0.25) is 0 Å². The molecule has 4 N–H and O–H groups in total. The Bertz CT molecular complexity index is 610. The zero-order valence-corrected chi connectivity index (χ0v) is 11.7. The van der Waals surface area contributed by atoms with Crippen molar-refractivity contribution in [1.29, 1.82) is 0 Å². The molecule has 2 atom stereocenters. The fraction of sp³-hybridized carbons (Fsp3) is 0.533. The van der Waals surface area contributed by atoms with E-state index in [1.165, 1.54) is 6.42 Å². The third kappa shape index (κ3) is 2.58. The fourth-order valence-corrected chi connectivity index (χ4v) is 3.08. The van der Waals surface area contributed by atoms with Gasteiger partial charge in [0.25, 0.3) is 6.01 Å². The van der Waals surface area contributed by atoms with Gasteiger partial charge in [-0.1, -0.05) is 25.8 Å². The molecule has 0 radical (unpaired) electrons. The maximum Gasteiger partial charge on any atom is 0.295 e. The third-order valence-corrected chi connectivity index (χ3v) is 4.09.